The Hall–Kier alpha value is -0.120. The molecule has 0 saturated carbocycles. The van der Waals surface area contributed by atoms with Gasteiger partial charge >= 0.3 is 0 Å². The molecule has 1 rings (SSSR count). The minimum Gasteiger partial charge on any atom is -0.380 e. The molecule has 1 aliphatic rings. The molecule has 0 bridgehead atoms. The van der Waals surface area contributed by atoms with E-state index < -0.39 is 0 Å². The van der Waals surface area contributed by atoms with Gasteiger partial charge in [-0.1, -0.05) is 27.2 Å². The van der Waals surface area contributed by atoms with E-state index in [-0.39, 0.29) is 5.54 Å². The van der Waals surface area contributed by atoms with E-state index in [9.17, 15) is 0 Å². The molecule has 0 aromatic rings. The fourth-order valence-corrected chi connectivity index (χ4v) is 2.74. The highest BCUT2D eigenvalue weighted by Crippen LogP contribution is 2.23. The van der Waals surface area contributed by atoms with Gasteiger partial charge in [0.05, 0.1) is 6.61 Å². The molecule has 0 spiro atoms. The first kappa shape index (κ1) is 15.9. The molecule has 1 N–H and O–H groups in total. The van der Waals surface area contributed by atoms with Crippen LogP contribution in [0, 0.1) is 5.92 Å². The molecule has 0 amide bonds. The number of nitrogens with zero attached hydrogens (tertiary/aromatic N) is 1. The monoisotopic (exact) mass is 256 g/mol. The van der Waals surface area contributed by atoms with E-state index >= 15 is 0 Å². The molecule has 108 valence electrons. The molecule has 18 heavy (non-hydrogen) atoms. The molecule has 1 heterocycles. The van der Waals surface area contributed by atoms with Crippen LogP contribution < -0.4 is 5.32 Å². The Labute approximate surface area is 113 Å². The zero-order valence-corrected chi connectivity index (χ0v) is 13.0. The van der Waals surface area contributed by atoms with Crippen molar-refractivity contribution in [2.45, 2.75) is 59.0 Å². The summed E-state index contributed by atoms with van der Waals surface area (Å²) in [6, 6.07) is 0.662. The summed E-state index contributed by atoms with van der Waals surface area (Å²) in [4.78, 5) is 2.64. The van der Waals surface area contributed by atoms with E-state index in [1.54, 1.807) is 0 Å². The number of piperazine rings is 1. The van der Waals surface area contributed by atoms with Gasteiger partial charge in [0, 0.05) is 37.8 Å². The molecule has 0 aromatic carbocycles. The van der Waals surface area contributed by atoms with Crippen LogP contribution >= 0.6 is 0 Å². The Bertz CT molecular complexity index is 235. The molecule has 0 aromatic heterocycles. The maximum Gasteiger partial charge on any atom is 0.0593 e. The Balaban J connectivity index is 2.60. The molecule has 3 heteroatoms. The number of nitrogens with one attached hydrogen (secondary N) is 1. The highest BCUT2D eigenvalue weighted by molar-refractivity contribution is 4.95. The van der Waals surface area contributed by atoms with Gasteiger partial charge in [-0.15, -0.1) is 0 Å². The minimum absolute atomic E-state index is 0.274. The van der Waals surface area contributed by atoms with Crippen molar-refractivity contribution in [2.75, 3.05) is 32.8 Å². The lowest BCUT2D eigenvalue weighted by Gasteiger charge is -2.48. The number of hydrogen-bond acceptors (Lipinski definition) is 3. The van der Waals surface area contributed by atoms with E-state index in [0.717, 1.165) is 38.8 Å². The van der Waals surface area contributed by atoms with E-state index in [1.165, 1.54) is 12.8 Å². The second-order valence-corrected chi connectivity index (χ2v) is 5.92. The van der Waals surface area contributed by atoms with Gasteiger partial charge in [0.1, 0.15) is 0 Å². The van der Waals surface area contributed by atoms with E-state index in [0.29, 0.717) is 6.04 Å². The highest BCUT2D eigenvalue weighted by Gasteiger charge is 2.35. The molecular weight excluding hydrogens is 224 g/mol. The maximum atomic E-state index is 5.54. The molecular formula is C15H32N2O. The summed E-state index contributed by atoms with van der Waals surface area (Å²) in [6.07, 6.45) is 2.44. The fraction of sp³-hybridized carbons (Fsp3) is 1.00. The first-order valence-electron chi connectivity index (χ1n) is 7.63. The first-order valence-corrected chi connectivity index (χ1v) is 7.63. The lowest BCUT2D eigenvalue weighted by Crippen LogP contribution is -2.64. The Morgan fingerprint density at radius 2 is 2.11 bits per heavy atom. The first-order chi connectivity index (χ1) is 8.56. The van der Waals surface area contributed by atoms with Gasteiger partial charge in [0.15, 0.2) is 0 Å². The maximum absolute atomic E-state index is 5.54. The fourth-order valence-electron chi connectivity index (χ4n) is 2.74. The Morgan fingerprint density at radius 3 is 2.67 bits per heavy atom. The molecule has 3 atom stereocenters. The average Bonchev–Trinajstić information content (AvgIpc) is 2.38. The van der Waals surface area contributed by atoms with Crippen molar-refractivity contribution >= 4 is 0 Å². The van der Waals surface area contributed by atoms with Crippen LogP contribution in [0.15, 0.2) is 0 Å². The van der Waals surface area contributed by atoms with Crippen molar-refractivity contribution < 1.29 is 4.74 Å². The summed E-state index contributed by atoms with van der Waals surface area (Å²) < 4.78 is 5.54. The predicted octanol–water partition coefficient (Wildman–Crippen LogP) is 2.51. The largest absolute Gasteiger partial charge is 0.380 e. The van der Waals surface area contributed by atoms with Crippen molar-refractivity contribution in [3.63, 3.8) is 0 Å². The number of ether oxygens (including phenoxy) is 1. The van der Waals surface area contributed by atoms with Gasteiger partial charge in [0.25, 0.3) is 0 Å². The summed E-state index contributed by atoms with van der Waals surface area (Å²) >= 11 is 0. The van der Waals surface area contributed by atoms with E-state index in [1.807, 2.05) is 0 Å². The molecule has 1 fully saturated rings. The van der Waals surface area contributed by atoms with Crippen LogP contribution in [0.2, 0.25) is 0 Å². The summed E-state index contributed by atoms with van der Waals surface area (Å²) in [6.45, 7) is 16.4. The minimum atomic E-state index is 0.274. The zero-order chi connectivity index (χ0) is 13.6. The highest BCUT2D eigenvalue weighted by atomic mass is 16.5. The molecule has 3 nitrogen and oxygen atoms in total. The van der Waals surface area contributed by atoms with Gasteiger partial charge < -0.3 is 10.1 Å². The lowest BCUT2D eigenvalue weighted by atomic mass is 9.88. The van der Waals surface area contributed by atoms with Gasteiger partial charge in [-0.3, -0.25) is 4.90 Å². The molecule has 1 saturated heterocycles. The van der Waals surface area contributed by atoms with Crippen LogP contribution in [0.25, 0.3) is 0 Å². The second kappa shape index (κ2) is 7.46. The van der Waals surface area contributed by atoms with Crippen molar-refractivity contribution in [2.24, 2.45) is 5.92 Å². The van der Waals surface area contributed by atoms with Crippen molar-refractivity contribution in [3.05, 3.63) is 0 Å². The van der Waals surface area contributed by atoms with Crippen LogP contribution in [0.4, 0.5) is 0 Å². The Kier molecular flexibility index (Phi) is 6.61. The zero-order valence-electron chi connectivity index (χ0n) is 13.0. The van der Waals surface area contributed by atoms with Crippen LogP contribution in [-0.2, 0) is 4.74 Å². The standard InChI is InChI=1S/C15H32N2O/c1-6-13(4)14-11-16-15(5,7-2)12-17(14)9-10-18-8-3/h13-14,16H,6-12H2,1-5H3. The van der Waals surface area contributed by atoms with Gasteiger partial charge in [-0.2, -0.15) is 0 Å². The van der Waals surface area contributed by atoms with E-state index in [2.05, 4.69) is 44.8 Å². The SMILES string of the molecule is CCOCCN1CC(C)(CC)NCC1C(C)CC. The third-order valence-corrected chi connectivity index (χ3v) is 4.57. The summed E-state index contributed by atoms with van der Waals surface area (Å²) in [5, 5.41) is 3.75. The molecule has 3 unspecified atom stereocenters. The second-order valence-electron chi connectivity index (χ2n) is 5.92. The normalized spacial score (nSPS) is 31.5. The Morgan fingerprint density at radius 1 is 1.39 bits per heavy atom. The molecule has 0 aliphatic carbocycles. The molecule has 0 radical (unpaired) electrons. The third-order valence-electron chi connectivity index (χ3n) is 4.57. The summed E-state index contributed by atoms with van der Waals surface area (Å²) in [5.41, 5.74) is 0.274. The average molecular weight is 256 g/mol. The smallest absolute Gasteiger partial charge is 0.0593 e. The van der Waals surface area contributed by atoms with Crippen molar-refractivity contribution in [3.8, 4) is 0 Å². The molecule has 1 aliphatic heterocycles. The third kappa shape index (κ3) is 4.22. The number of rotatable bonds is 7. The van der Waals surface area contributed by atoms with Crippen LogP contribution in [0.5, 0.6) is 0 Å². The number of hydrogen-bond donors (Lipinski definition) is 1. The topological polar surface area (TPSA) is 24.5 Å². The van der Waals surface area contributed by atoms with Crippen LogP contribution in [0.3, 0.4) is 0 Å². The van der Waals surface area contributed by atoms with Crippen LogP contribution in [0.1, 0.15) is 47.5 Å². The van der Waals surface area contributed by atoms with Crippen LogP contribution in [-0.4, -0.2) is 49.3 Å². The predicted molar refractivity (Wildman–Crippen MR) is 78.0 cm³/mol. The summed E-state index contributed by atoms with van der Waals surface area (Å²) in [7, 11) is 0. The van der Waals surface area contributed by atoms with Gasteiger partial charge in [-0.05, 0) is 26.2 Å². The van der Waals surface area contributed by atoms with Gasteiger partial charge in [0.2, 0.25) is 0 Å². The van der Waals surface area contributed by atoms with Crippen molar-refractivity contribution in [1.82, 2.24) is 10.2 Å². The van der Waals surface area contributed by atoms with Crippen molar-refractivity contribution in [1.29, 1.82) is 0 Å². The summed E-state index contributed by atoms with van der Waals surface area (Å²) in [5.74, 6) is 0.750. The van der Waals surface area contributed by atoms with E-state index in [4.69, 9.17) is 4.74 Å². The van der Waals surface area contributed by atoms with Gasteiger partial charge in [-0.25, -0.2) is 0 Å². The quantitative estimate of drug-likeness (QED) is 0.708. The lowest BCUT2D eigenvalue weighted by molar-refractivity contribution is 0.0269.